The Morgan fingerprint density at radius 3 is 2.22 bits per heavy atom. The van der Waals surface area contributed by atoms with Crippen molar-refractivity contribution in [1.29, 1.82) is 0 Å². The summed E-state index contributed by atoms with van der Waals surface area (Å²) in [5.74, 6) is -0.571. The lowest BCUT2D eigenvalue weighted by Gasteiger charge is -2.41. The van der Waals surface area contributed by atoms with E-state index >= 15 is 0 Å². The lowest BCUT2D eigenvalue weighted by molar-refractivity contribution is -0.124. The number of benzene rings is 2. The minimum atomic E-state index is -0.847. The number of nitrogens with zero attached hydrogens (tertiary/aromatic N) is 2. The van der Waals surface area contributed by atoms with Gasteiger partial charge in [0.2, 0.25) is 5.91 Å². The first-order chi connectivity index (χ1) is 15.6. The highest BCUT2D eigenvalue weighted by Gasteiger charge is 2.38. The standard InChI is InChI=1S/C26H35N3O3/c1-26(2,3)32-25(31)29(23(24(27)30)18-20-10-6-4-7-11-20)22-14-16-28(17-15-22)19-21-12-8-5-9-13-21/h4-13,22-23H,14-19H2,1-3H3,(H2,27,30)/t23-/m0/s1/i16D/t16?,22?,23-. The van der Waals surface area contributed by atoms with E-state index in [9.17, 15) is 9.59 Å². The molecule has 0 aliphatic carbocycles. The molecule has 0 aromatic heterocycles. The van der Waals surface area contributed by atoms with Crippen LogP contribution in [0.15, 0.2) is 60.7 Å². The largest absolute Gasteiger partial charge is 0.444 e. The van der Waals surface area contributed by atoms with Crippen LogP contribution in [0.5, 0.6) is 0 Å². The van der Waals surface area contributed by atoms with Crippen LogP contribution < -0.4 is 5.73 Å². The number of carbonyl (C=O) groups is 2. The molecule has 3 rings (SSSR count). The van der Waals surface area contributed by atoms with Gasteiger partial charge in [0.1, 0.15) is 11.6 Å². The zero-order valence-corrected chi connectivity index (χ0v) is 19.2. The zero-order chi connectivity index (χ0) is 24.0. The number of likely N-dealkylation sites (tertiary alicyclic amines) is 1. The second kappa shape index (κ2) is 10.6. The summed E-state index contributed by atoms with van der Waals surface area (Å²) in [5, 5.41) is 0. The van der Waals surface area contributed by atoms with Crippen LogP contribution in [0.25, 0.3) is 0 Å². The number of carbonyl (C=O) groups excluding carboxylic acids is 2. The maximum Gasteiger partial charge on any atom is 0.411 e. The summed E-state index contributed by atoms with van der Waals surface area (Å²) in [6.07, 6.45) is 0.809. The summed E-state index contributed by atoms with van der Waals surface area (Å²) in [5.41, 5.74) is 7.17. The second-order valence-corrected chi connectivity index (χ2v) is 9.31. The second-order valence-electron chi connectivity index (χ2n) is 9.31. The number of ether oxygens (including phenoxy) is 1. The van der Waals surface area contributed by atoms with Crippen LogP contribution in [0.4, 0.5) is 4.79 Å². The summed E-state index contributed by atoms with van der Waals surface area (Å²) >= 11 is 0. The number of hydrogen-bond donors (Lipinski definition) is 1. The van der Waals surface area contributed by atoms with Crippen LogP contribution >= 0.6 is 0 Å². The van der Waals surface area contributed by atoms with Crippen LogP contribution in [-0.4, -0.2) is 52.6 Å². The van der Waals surface area contributed by atoms with Gasteiger partial charge in [-0.2, -0.15) is 0 Å². The van der Waals surface area contributed by atoms with Crippen molar-refractivity contribution in [3.8, 4) is 0 Å². The molecule has 2 aromatic rings. The molecule has 1 saturated heterocycles. The molecule has 0 saturated carbocycles. The lowest BCUT2D eigenvalue weighted by Crippen LogP contribution is -2.57. The van der Waals surface area contributed by atoms with E-state index in [0.29, 0.717) is 32.4 Å². The predicted molar refractivity (Wildman–Crippen MR) is 126 cm³/mol. The first-order valence-electron chi connectivity index (χ1n) is 11.8. The molecule has 2 amide bonds. The molecule has 0 radical (unpaired) electrons. The third-order valence-electron chi connectivity index (χ3n) is 5.55. The fourth-order valence-corrected chi connectivity index (χ4v) is 4.03. The Kier molecular flexibility index (Phi) is 7.43. The summed E-state index contributed by atoms with van der Waals surface area (Å²) in [6.45, 7) is 6.22. The van der Waals surface area contributed by atoms with E-state index in [-0.39, 0.29) is 6.04 Å². The molecule has 2 unspecified atom stereocenters. The van der Waals surface area contributed by atoms with Crippen molar-refractivity contribution in [3.63, 3.8) is 0 Å². The fraction of sp³-hybridized carbons (Fsp3) is 0.462. The number of hydrogen-bond acceptors (Lipinski definition) is 4. The van der Waals surface area contributed by atoms with E-state index in [2.05, 4.69) is 17.0 Å². The highest BCUT2D eigenvalue weighted by molar-refractivity contribution is 5.85. The van der Waals surface area contributed by atoms with Gasteiger partial charge in [0.15, 0.2) is 0 Å². The van der Waals surface area contributed by atoms with Gasteiger partial charge in [-0.3, -0.25) is 14.6 Å². The smallest absolute Gasteiger partial charge is 0.411 e. The number of piperidine rings is 1. The van der Waals surface area contributed by atoms with Crippen LogP contribution in [-0.2, 0) is 22.5 Å². The summed E-state index contributed by atoms with van der Waals surface area (Å²) in [7, 11) is 0. The van der Waals surface area contributed by atoms with Gasteiger partial charge in [0, 0.05) is 33.4 Å². The van der Waals surface area contributed by atoms with Gasteiger partial charge in [0.25, 0.3) is 0 Å². The quantitative estimate of drug-likeness (QED) is 0.709. The Morgan fingerprint density at radius 1 is 1.09 bits per heavy atom. The van der Waals surface area contributed by atoms with E-state index < -0.39 is 30.2 Å². The van der Waals surface area contributed by atoms with E-state index in [4.69, 9.17) is 11.8 Å². The van der Waals surface area contributed by atoms with Gasteiger partial charge in [0.05, 0.1) is 0 Å². The van der Waals surface area contributed by atoms with Crippen molar-refractivity contribution in [2.75, 3.05) is 13.1 Å². The maximum atomic E-state index is 13.3. The Morgan fingerprint density at radius 2 is 1.69 bits per heavy atom. The molecule has 0 spiro atoms. The highest BCUT2D eigenvalue weighted by atomic mass is 16.6. The van der Waals surface area contributed by atoms with Gasteiger partial charge in [-0.05, 0) is 44.7 Å². The Labute approximate surface area is 192 Å². The number of nitrogens with two attached hydrogens (primary N) is 1. The lowest BCUT2D eigenvalue weighted by atomic mass is 9.97. The monoisotopic (exact) mass is 438 g/mol. The molecule has 1 aliphatic rings. The molecule has 0 bridgehead atoms. The molecule has 2 aromatic carbocycles. The average molecular weight is 439 g/mol. The molecule has 2 N–H and O–H groups in total. The minimum Gasteiger partial charge on any atom is -0.444 e. The molecule has 6 heteroatoms. The van der Waals surface area contributed by atoms with E-state index in [1.807, 2.05) is 48.5 Å². The van der Waals surface area contributed by atoms with Gasteiger partial charge in [-0.15, -0.1) is 0 Å². The average Bonchev–Trinajstić information content (AvgIpc) is 2.75. The summed E-state index contributed by atoms with van der Waals surface area (Å²) in [6, 6.07) is 18.4. The molecular weight excluding hydrogens is 402 g/mol. The molecule has 1 fully saturated rings. The Hall–Kier alpha value is -2.86. The Bertz CT molecular complexity index is 917. The van der Waals surface area contributed by atoms with E-state index in [1.165, 1.54) is 4.90 Å². The van der Waals surface area contributed by atoms with Crippen LogP contribution in [0.1, 0.15) is 46.1 Å². The van der Waals surface area contributed by atoms with Crippen LogP contribution in [0.2, 0.25) is 0 Å². The molecular formula is C26H35N3O3. The fourth-order valence-electron chi connectivity index (χ4n) is 4.03. The first-order valence-corrected chi connectivity index (χ1v) is 11.2. The molecule has 172 valence electrons. The molecule has 1 aliphatic heterocycles. The first kappa shape index (κ1) is 22.3. The number of amides is 2. The van der Waals surface area contributed by atoms with Crippen molar-refractivity contribution in [1.82, 2.24) is 9.80 Å². The normalized spacial score (nSPS) is 20.8. The molecule has 3 atom stereocenters. The third kappa shape index (κ3) is 6.82. The molecule has 6 nitrogen and oxygen atoms in total. The number of primary amides is 1. The van der Waals surface area contributed by atoms with Crippen LogP contribution in [0.3, 0.4) is 0 Å². The third-order valence-corrected chi connectivity index (χ3v) is 5.55. The van der Waals surface area contributed by atoms with Crippen molar-refractivity contribution in [2.45, 2.75) is 64.3 Å². The maximum absolute atomic E-state index is 13.3. The van der Waals surface area contributed by atoms with E-state index in [0.717, 1.165) is 11.1 Å². The Balaban J connectivity index is 1.81. The van der Waals surface area contributed by atoms with Gasteiger partial charge in [-0.1, -0.05) is 60.7 Å². The van der Waals surface area contributed by atoms with Crippen LogP contribution in [0, 0.1) is 0 Å². The number of rotatable bonds is 7. The van der Waals surface area contributed by atoms with Crippen molar-refractivity contribution >= 4 is 12.0 Å². The minimum absolute atomic E-state index is 0.308. The van der Waals surface area contributed by atoms with Gasteiger partial charge < -0.3 is 10.5 Å². The zero-order valence-electron chi connectivity index (χ0n) is 20.2. The predicted octanol–water partition coefficient (Wildman–Crippen LogP) is 3.98. The van der Waals surface area contributed by atoms with Crippen molar-refractivity contribution < 1.29 is 15.7 Å². The van der Waals surface area contributed by atoms with Crippen molar-refractivity contribution in [3.05, 3.63) is 71.8 Å². The topological polar surface area (TPSA) is 75.9 Å². The summed E-state index contributed by atoms with van der Waals surface area (Å²) < 4.78 is 14.4. The van der Waals surface area contributed by atoms with Gasteiger partial charge in [-0.25, -0.2) is 4.79 Å². The SMILES string of the molecule is [2H]C1CC(N(C(=O)OC(C)(C)C)[C@@H](Cc2ccccc2)C(N)=O)CCN1Cc1ccccc1. The summed E-state index contributed by atoms with van der Waals surface area (Å²) in [4.78, 5) is 29.4. The van der Waals surface area contributed by atoms with E-state index in [1.54, 1.807) is 20.8 Å². The highest BCUT2D eigenvalue weighted by Crippen LogP contribution is 2.25. The van der Waals surface area contributed by atoms with Gasteiger partial charge >= 0.3 is 6.09 Å². The molecule has 32 heavy (non-hydrogen) atoms. The van der Waals surface area contributed by atoms with Crippen molar-refractivity contribution in [2.24, 2.45) is 5.73 Å². The molecule has 1 heterocycles.